The molecule has 2 N–H and O–H groups in total. The van der Waals surface area contributed by atoms with E-state index < -0.39 is 23.2 Å². The molecule has 5 heteroatoms. The Morgan fingerprint density at radius 1 is 1.11 bits per heavy atom. The fourth-order valence-corrected chi connectivity index (χ4v) is 2.49. The van der Waals surface area contributed by atoms with E-state index in [4.69, 9.17) is 4.74 Å². The number of ether oxygens (including phenoxy) is 1. The van der Waals surface area contributed by atoms with E-state index in [-0.39, 0.29) is 11.8 Å². The first kappa shape index (κ1) is 13.2. The molecular weight excluding hydrogens is 234 g/mol. The molecule has 18 heavy (non-hydrogen) atoms. The Morgan fingerprint density at radius 3 is 1.83 bits per heavy atom. The summed E-state index contributed by atoms with van der Waals surface area (Å²) in [6, 6.07) is 0. The largest absolute Gasteiger partial charge is 0.479 e. The Labute approximate surface area is 107 Å². The second kappa shape index (κ2) is 4.14. The predicted molar refractivity (Wildman–Crippen MR) is 65.2 cm³/mol. The molecule has 5 nitrogen and oxygen atoms in total. The third-order valence-electron chi connectivity index (χ3n) is 3.50. The van der Waals surface area contributed by atoms with E-state index in [1.54, 1.807) is 20.8 Å². The van der Waals surface area contributed by atoms with E-state index >= 15 is 0 Å². The molecule has 2 aliphatic rings. The minimum atomic E-state index is -1.09. The Morgan fingerprint density at radius 2 is 1.56 bits per heavy atom. The number of carbonyl (C=O) groups is 2. The van der Waals surface area contributed by atoms with Gasteiger partial charge in [0.05, 0.1) is 0 Å². The van der Waals surface area contributed by atoms with E-state index in [0.29, 0.717) is 0 Å². The van der Waals surface area contributed by atoms with Gasteiger partial charge in [-0.15, -0.1) is 0 Å². The van der Waals surface area contributed by atoms with Crippen molar-refractivity contribution in [2.75, 3.05) is 0 Å². The standard InChI is InChI=1S/C13H21NO4/c1-12(2,3)18-11(17)14-13(10(15)16,8-4-5-8)9-6-7-9/h8-9H,4-7H2,1-3H3,(H,14,17)(H,15,16). The van der Waals surface area contributed by atoms with Crippen molar-refractivity contribution in [2.24, 2.45) is 11.8 Å². The van der Waals surface area contributed by atoms with E-state index in [1.165, 1.54) is 0 Å². The maximum absolute atomic E-state index is 11.8. The number of carbonyl (C=O) groups excluding carboxylic acids is 1. The number of rotatable bonds is 4. The molecule has 2 aliphatic carbocycles. The van der Waals surface area contributed by atoms with Gasteiger partial charge in [0.15, 0.2) is 0 Å². The monoisotopic (exact) mass is 255 g/mol. The summed E-state index contributed by atoms with van der Waals surface area (Å²) < 4.78 is 5.19. The number of carboxylic acids is 1. The molecule has 1 amide bonds. The van der Waals surface area contributed by atoms with Gasteiger partial charge in [-0.05, 0) is 58.3 Å². The summed E-state index contributed by atoms with van der Waals surface area (Å²) in [4.78, 5) is 23.5. The SMILES string of the molecule is CC(C)(C)OC(=O)NC(C(=O)O)(C1CC1)C1CC1. The highest BCUT2D eigenvalue weighted by atomic mass is 16.6. The van der Waals surface area contributed by atoms with Crippen molar-refractivity contribution >= 4 is 12.1 Å². The topological polar surface area (TPSA) is 75.6 Å². The number of nitrogens with one attached hydrogen (secondary N) is 1. The molecular formula is C13H21NO4. The fraction of sp³-hybridized carbons (Fsp3) is 0.846. The van der Waals surface area contributed by atoms with E-state index in [1.807, 2.05) is 0 Å². The summed E-state index contributed by atoms with van der Waals surface area (Å²) in [5.41, 5.74) is -1.70. The van der Waals surface area contributed by atoms with Crippen LogP contribution in [0.5, 0.6) is 0 Å². The van der Waals surface area contributed by atoms with Gasteiger partial charge in [-0.3, -0.25) is 0 Å². The van der Waals surface area contributed by atoms with Crippen LogP contribution in [-0.4, -0.2) is 28.3 Å². The second-order valence-corrected chi connectivity index (χ2v) is 6.35. The van der Waals surface area contributed by atoms with Gasteiger partial charge in [-0.25, -0.2) is 9.59 Å². The number of amides is 1. The van der Waals surface area contributed by atoms with Crippen LogP contribution in [0, 0.1) is 11.8 Å². The first-order valence-corrected chi connectivity index (χ1v) is 6.50. The first-order valence-electron chi connectivity index (χ1n) is 6.50. The zero-order valence-electron chi connectivity index (χ0n) is 11.2. The lowest BCUT2D eigenvalue weighted by Gasteiger charge is -2.32. The van der Waals surface area contributed by atoms with Crippen LogP contribution in [-0.2, 0) is 9.53 Å². The normalized spacial score (nSPS) is 20.4. The molecule has 0 saturated heterocycles. The van der Waals surface area contributed by atoms with Gasteiger partial charge in [0.25, 0.3) is 0 Å². The molecule has 0 aromatic carbocycles. The van der Waals surface area contributed by atoms with Crippen molar-refractivity contribution in [3.05, 3.63) is 0 Å². The molecule has 2 saturated carbocycles. The third-order valence-corrected chi connectivity index (χ3v) is 3.50. The average molecular weight is 255 g/mol. The summed E-state index contributed by atoms with van der Waals surface area (Å²) in [5, 5.41) is 12.2. The van der Waals surface area contributed by atoms with Gasteiger partial charge in [-0.1, -0.05) is 0 Å². The van der Waals surface area contributed by atoms with Gasteiger partial charge in [0.1, 0.15) is 11.1 Å². The summed E-state index contributed by atoms with van der Waals surface area (Å²) in [6.07, 6.45) is 2.87. The van der Waals surface area contributed by atoms with Crippen LogP contribution >= 0.6 is 0 Å². The van der Waals surface area contributed by atoms with E-state index in [0.717, 1.165) is 25.7 Å². The van der Waals surface area contributed by atoms with Crippen LogP contribution in [0.4, 0.5) is 4.79 Å². The molecule has 2 rings (SSSR count). The lowest BCUT2D eigenvalue weighted by atomic mass is 9.87. The van der Waals surface area contributed by atoms with E-state index in [9.17, 15) is 14.7 Å². The van der Waals surface area contributed by atoms with Gasteiger partial charge < -0.3 is 15.2 Å². The Hall–Kier alpha value is -1.26. The Bertz CT molecular complexity index is 352. The summed E-state index contributed by atoms with van der Waals surface area (Å²) in [5.74, 6) is -0.789. The molecule has 0 unspecified atom stereocenters. The van der Waals surface area contributed by atoms with Crippen molar-refractivity contribution in [3.8, 4) is 0 Å². The molecule has 0 aromatic heterocycles. The fourth-order valence-electron chi connectivity index (χ4n) is 2.49. The van der Waals surface area contributed by atoms with E-state index in [2.05, 4.69) is 5.32 Å². The van der Waals surface area contributed by atoms with Gasteiger partial charge in [0, 0.05) is 0 Å². The zero-order chi connectivity index (χ0) is 13.6. The second-order valence-electron chi connectivity index (χ2n) is 6.35. The summed E-state index contributed by atoms with van der Waals surface area (Å²) in [6.45, 7) is 5.30. The van der Waals surface area contributed by atoms with Crippen molar-refractivity contribution in [3.63, 3.8) is 0 Å². The predicted octanol–water partition coefficient (Wildman–Crippen LogP) is 2.15. The minimum Gasteiger partial charge on any atom is -0.479 e. The van der Waals surface area contributed by atoms with Gasteiger partial charge in [-0.2, -0.15) is 0 Å². The zero-order valence-corrected chi connectivity index (χ0v) is 11.2. The molecule has 0 bridgehead atoms. The summed E-state index contributed by atoms with van der Waals surface area (Å²) in [7, 11) is 0. The van der Waals surface area contributed by atoms with Crippen LogP contribution in [0.25, 0.3) is 0 Å². The van der Waals surface area contributed by atoms with Crippen molar-refractivity contribution in [2.45, 2.75) is 57.6 Å². The maximum atomic E-state index is 11.8. The number of aliphatic carboxylic acids is 1. The molecule has 2 fully saturated rings. The smallest absolute Gasteiger partial charge is 0.408 e. The molecule has 0 aliphatic heterocycles. The van der Waals surface area contributed by atoms with Gasteiger partial charge in [0.2, 0.25) is 0 Å². The van der Waals surface area contributed by atoms with Crippen molar-refractivity contribution in [1.82, 2.24) is 5.32 Å². The lowest BCUT2D eigenvalue weighted by Crippen LogP contribution is -2.59. The molecule has 0 heterocycles. The minimum absolute atomic E-state index is 0.0648. The molecule has 0 spiro atoms. The Balaban J connectivity index is 2.10. The highest BCUT2D eigenvalue weighted by Gasteiger charge is 2.60. The molecule has 0 aromatic rings. The quantitative estimate of drug-likeness (QED) is 0.807. The van der Waals surface area contributed by atoms with Crippen LogP contribution in [0.3, 0.4) is 0 Å². The molecule has 102 valence electrons. The number of hydrogen-bond donors (Lipinski definition) is 2. The van der Waals surface area contributed by atoms with Crippen molar-refractivity contribution in [1.29, 1.82) is 0 Å². The van der Waals surface area contributed by atoms with Crippen LogP contribution in [0.15, 0.2) is 0 Å². The highest BCUT2D eigenvalue weighted by molar-refractivity contribution is 5.86. The van der Waals surface area contributed by atoms with Crippen LogP contribution in [0.1, 0.15) is 46.5 Å². The average Bonchev–Trinajstić information content (AvgIpc) is 3.01. The summed E-state index contributed by atoms with van der Waals surface area (Å²) >= 11 is 0. The maximum Gasteiger partial charge on any atom is 0.408 e. The molecule has 0 radical (unpaired) electrons. The van der Waals surface area contributed by atoms with Crippen LogP contribution in [0.2, 0.25) is 0 Å². The Kier molecular flexibility index (Phi) is 3.03. The van der Waals surface area contributed by atoms with Crippen molar-refractivity contribution < 1.29 is 19.4 Å². The molecule has 0 atom stereocenters. The van der Waals surface area contributed by atoms with Crippen LogP contribution < -0.4 is 5.32 Å². The number of carboxylic acid groups (broad SMARTS) is 1. The lowest BCUT2D eigenvalue weighted by molar-refractivity contribution is -0.147. The number of hydrogen-bond acceptors (Lipinski definition) is 3. The number of alkyl carbamates (subject to hydrolysis) is 1. The van der Waals surface area contributed by atoms with Gasteiger partial charge >= 0.3 is 12.1 Å². The highest BCUT2D eigenvalue weighted by Crippen LogP contribution is 2.52. The first-order chi connectivity index (χ1) is 8.25. The third kappa shape index (κ3) is 2.60.